The first kappa shape index (κ1) is 10.6. The predicted molar refractivity (Wildman–Crippen MR) is 59.2 cm³/mol. The summed E-state index contributed by atoms with van der Waals surface area (Å²) in [4.78, 5) is 10.5. The summed E-state index contributed by atoms with van der Waals surface area (Å²) in [6, 6.07) is 3.88. The van der Waals surface area contributed by atoms with Crippen molar-refractivity contribution in [2.75, 3.05) is 0 Å². The van der Waals surface area contributed by atoms with Crippen LogP contribution in [0.15, 0.2) is 12.1 Å². The van der Waals surface area contributed by atoms with Crippen molar-refractivity contribution >= 4 is 17.0 Å². The lowest BCUT2D eigenvalue weighted by Crippen LogP contribution is -1.99. The Morgan fingerprint density at radius 3 is 2.94 bits per heavy atom. The van der Waals surface area contributed by atoms with Gasteiger partial charge in [-0.3, -0.25) is 4.79 Å². The van der Waals surface area contributed by atoms with Crippen LogP contribution < -0.4 is 0 Å². The van der Waals surface area contributed by atoms with E-state index < -0.39 is 5.97 Å². The molecule has 0 saturated heterocycles. The summed E-state index contributed by atoms with van der Waals surface area (Å²) in [6.07, 6.45) is 0.681. The van der Waals surface area contributed by atoms with Gasteiger partial charge in [-0.2, -0.15) is 0 Å². The Hall–Kier alpha value is -1.91. The number of nitrogens with zero attached hydrogens (tertiary/aromatic N) is 3. The number of fused-ring (bicyclic) bond motifs is 1. The van der Waals surface area contributed by atoms with Crippen LogP contribution in [-0.2, 0) is 18.3 Å². The number of aryl methyl sites for hydroxylation is 3. The fourth-order valence-electron chi connectivity index (χ4n) is 1.79. The van der Waals surface area contributed by atoms with Crippen LogP contribution >= 0.6 is 0 Å². The van der Waals surface area contributed by atoms with Gasteiger partial charge in [-0.1, -0.05) is 11.3 Å². The summed E-state index contributed by atoms with van der Waals surface area (Å²) in [7, 11) is 1.84. The molecular weight excluding hydrogens is 206 g/mol. The third kappa shape index (κ3) is 1.76. The van der Waals surface area contributed by atoms with Crippen molar-refractivity contribution in [3.05, 3.63) is 23.3 Å². The Morgan fingerprint density at radius 1 is 1.50 bits per heavy atom. The highest BCUT2D eigenvalue weighted by Crippen LogP contribution is 2.20. The van der Waals surface area contributed by atoms with E-state index in [1.165, 1.54) is 0 Å². The van der Waals surface area contributed by atoms with Crippen LogP contribution in [0.25, 0.3) is 11.0 Å². The zero-order chi connectivity index (χ0) is 11.7. The number of aromatic nitrogens is 3. The second-order valence-corrected chi connectivity index (χ2v) is 3.82. The SMILES string of the molecule is Cc1c(CCC(=O)O)ccc2c1nnn2C. The van der Waals surface area contributed by atoms with E-state index in [2.05, 4.69) is 10.3 Å². The molecular formula is C11H13N3O2. The van der Waals surface area contributed by atoms with Gasteiger partial charge in [-0.25, -0.2) is 4.68 Å². The first-order valence-corrected chi connectivity index (χ1v) is 5.09. The van der Waals surface area contributed by atoms with Crippen LogP contribution in [0, 0.1) is 6.92 Å². The second-order valence-electron chi connectivity index (χ2n) is 3.82. The van der Waals surface area contributed by atoms with Crippen molar-refractivity contribution in [3.63, 3.8) is 0 Å². The first-order chi connectivity index (χ1) is 7.59. The molecule has 0 atom stereocenters. The zero-order valence-electron chi connectivity index (χ0n) is 9.27. The Balaban J connectivity index is 2.40. The predicted octanol–water partition coefficient (Wildman–Crippen LogP) is 1.29. The van der Waals surface area contributed by atoms with Crippen LogP contribution in [0.4, 0.5) is 0 Å². The summed E-state index contributed by atoms with van der Waals surface area (Å²) < 4.78 is 1.71. The standard InChI is InChI=1S/C11H13N3O2/c1-7-8(4-6-10(15)16)3-5-9-11(7)12-13-14(9)2/h3,5H,4,6H2,1-2H3,(H,15,16). The summed E-state index contributed by atoms with van der Waals surface area (Å²) in [6.45, 7) is 1.95. The van der Waals surface area contributed by atoms with Crippen LogP contribution in [-0.4, -0.2) is 26.1 Å². The molecule has 0 unspecified atom stereocenters. The number of hydrogen-bond donors (Lipinski definition) is 1. The number of benzene rings is 1. The van der Waals surface area contributed by atoms with Crippen LogP contribution in [0.1, 0.15) is 17.5 Å². The number of carbonyl (C=O) groups is 1. The number of carboxylic acid groups (broad SMARTS) is 1. The van der Waals surface area contributed by atoms with E-state index >= 15 is 0 Å². The molecule has 0 saturated carbocycles. The van der Waals surface area contributed by atoms with Gasteiger partial charge in [0.1, 0.15) is 5.52 Å². The van der Waals surface area contributed by atoms with E-state index in [1.54, 1.807) is 4.68 Å². The maximum atomic E-state index is 10.5. The Morgan fingerprint density at radius 2 is 2.25 bits per heavy atom. The molecule has 0 amide bonds. The average molecular weight is 219 g/mol. The normalized spacial score (nSPS) is 10.9. The van der Waals surface area contributed by atoms with E-state index in [1.807, 2.05) is 26.1 Å². The molecule has 5 heteroatoms. The van der Waals surface area contributed by atoms with Gasteiger partial charge in [-0.15, -0.1) is 5.10 Å². The first-order valence-electron chi connectivity index (χ1n) is 5.09. The van der Waals surface area contributed by atoms with Crippen LogP contribution in [0.5, 0.6) is 0 Å². The molecule has 84 valence electrons. The fourth-order valence-corrected chi connectivity index (χ4v) is 1.79. The zero-order valence-corrected chi connectivity index (χ0v) is 9.27. The minimum absolute atomic E-state index is 0.145. The molecule has 16 heavy (non-hydrogen) atoms. The molecule has 1 N–H and O–H groups in total. The van der Waals surface area contributed by atoms with E-state index in [0.29, 0.717) is 6.42 Å². The van der Waals surface area contributed by atoms with Crippen molar-refractivity contribution in [3.8, 4) is 0 Å². The average Bonchev–Trinajstić information content (AvgIpc) is 2.60. The van der Waals surface area contributed by atoms with Gasteiger partial charge in [0.05, 0.1) is 5.52 Å². The Labute approximate surface area is 92.7 Å². The van der Waals surface area contributed by atoms with Gasteiger partial charge in [0.25, 0.3) is 0 Å². The highest BCUT2D eigenvalue weighted by atomic mass is 16.4. The van der Waals surface area contributed by atoms with Crippen LogP contribution in [0.3, 0.4) is 0 Å². The van der Waals surface area contributed by atoms with Gasteiger partial charge >= 0.3 is 5.97 Å². The van der Waals surface area contributed by atoms with Crippen molar-refractivity contribution in [2.45, 2.75) is 19.8 Å². The van der Waals surface area contributed by atoms with E-state index in [4.69, 9.17) is 5.11 Å². The van der Waals surface area contributed by atoms with Gasteiger partial charge in [-0.05, 0) is 30.5 Å². The monoisotopic (exact) mass is 219 g/mol. The van der Waals surface area contributed by atoms with Crippen molar-refractivity contribution in [2.24, 2.45) is 7.05 Å². The molecule has 0 fully saturated rings. The number of hydrogen-bond acceptors (Lipinski definition) is 3. The van der Waals surface area contributed by atoms with Crippen molar-refractivity contribution in [1.29, 1.82) is 0 Å². The fraction of sp³-hybridized carbons (Fsp3) is 0.364. The van der Waals surface area contributed by atoms with Crippen molar-refractivity contribution < 1.29 is 9.90 Å². The topological polar surface area (TPSA) is 68.0 Å². The second kappa shape index (κ2) is 3.92. The van der Waals surface area contributed by atoms with E-state index in [9.17, 15) is 4.79 Å². The summed E-state index contributed by atoms with van der Waals surface area (Å²) >= 11 is 0. The van der Waals surface area contributed by atoms with E-state index in [0.717, 1.165) is 22.2 Å². The molecule has 0 aliphatic rings. The van der Waals surface area contributed by atoms with Gasteiger partial charge in [0.2, 0.25) is 0 Å². The molecule has 1 aromatic heterocycles. The molecule has 0 bridgehead atoms. The molecule has 2 rings (SSSR count). The number of aliphatic carboxylic acids is 1. The summed E-state index contributed by atoms with van der Waals surface area (Å²) in [5, 5.41) is 16.7. The highest BCUT2D eigenvalue weighted by Gasteiger charge is 2.09. The minimum atomic E-state index is -0.779. The summed E-state index contributed by atoms with van der Waals surface area (Å²) in [5.41, 5.74) is 3.87. The number of carboxylic acids is 1. The molecule has 0 radical (unpaired) electrons. The largest absolute Gasteiger partial charge is 0.481 e. The van der Waals surface area contributed by atoms with Crippen molar-refractivity contribution in [1.82, 2.24) is 15.0 Å². The molecule has 1 heterocycles. The number of rotatable bonds is 3. The van der Waals surface area contributed by atoms with E-state index in [-0.39, 0.29) is 6.42 Å². The van der Waals surface area contributed by atoms with Gasteiger partial charge < -0.3 is 5.11 Å². The molecule has 0 spiro atoms. The van der Waals surface area contributed by atoms with Crippen LogP contribution in [0.2, 0.25) is 0 Å². The smallest absolute Gasteiger partial charge is 0.303 e. The molecule has 0 aliphatic heterocycles. The molecule has 2 aromatic rings. The maximum absolute atomic E-state index is 10.5. The lowest BCUT2D eigenvalue weighted by atomic mass is 10.0. The molecule has 0 aliphatic carbocycles. The lowest BCUT2D eigenvalue weighted by Gasteiger charge is -2.04. The minimum Gasteiger partial charge on any atom is -0.481 e. The Bertz CT molecular complexity index is 545. The molecule has 1 aromatic carbocycles. The Kier molecular flexibility index (Phi) is 2.60. The van der Waals surface area contributed by atoms with Gasteiger partial charge in [0, 0.05) is 13.5 Å². The third-order valence-corrected chi connectivity index (χ3v) is 2.76. The third-order valence-electron chi connectivity index (χ3n) is 2.76. The lowest BCUT2D eigenvalue weighted by molar-refractivity contribution is -0.136. The quantitative estimate of drug-likeness (QED) is 0.844. The maximum Gasteiger partial charge on any atom is 0.303 e. The highest BCUT2D eigenvalue weighted by molar-refractivity contribution is 5.79. The molecule has 5 nitrogen and oxygen atoms in total. The van der Waals surface area contributed by atoms with Gasteiger partial charge in [0.15, 0.2) is 0 Å². The summed E-state index contributed by atoms with van der Waals surface area (Å²) in [5.74, 6) is -0.779.